The third-order valence-corrected chi connectivity index (χ3v) is 4.34. The summed E-state index contributed by atoms with van der Waals surface area (Å²) >= 11 is 0. The lowest BCUT2D eigenvalue weighted by Gasteiger charge is -2.30. The first-order valence-electron chi connectivity index (χ1n) is 7.25. The third-order valence-electron chi connectivity index (χ3n) is 4.34. The van der Waals surface area contributed by atoms with Crippen molar-refractivity contribution >= 4 is 5.69 Å². The molecule has 2 saturated carbocycles. The summed E-state index contributed by atoms with van der Waals surface area (Å²) in [5, 5.41) is 16.7. The molecule has 4 nitrogen and oxygen atoms in total. The number of hydrogen-bond acceptors (Lipinski definition) is 3. The van der Waals surface area contributed by atoms with E-state index >= 15 is 0 Å². The Morgan fingerprint density at radius 3 is 2.94 bits per heavy atom. The Kier molecular flexibility index (Phi) is 3.55. The van der Waals surface area contributed by atoms with Crippen LogP contribution in [0.4, 0.5) is 5.69 Å². The maximum atomic E-state index is 8.87. The molecule has 2 aliphatic carbocycles. The molecule has 0 amide bonds. The lowest BCUT2D eigenvalue weighted by molar-refractivity contribution is 0.269. The average Bonchev–Trinajstić information content (AvgIpc) is 3.14. The molecule has 0 saturated heterocycles. The number of anilines is 1. The lowest BCUT2D eigenvalue weighted by atomic mass is 9.82. The first-order chi connectivity index (χ1) is 8.85. The van der Waals surface area contributed by atoms with Gasteiger partial charge in [0, 0.05) is 12.2 Å². The zero-order chi connectivity index (χ0) is 12.4. The smallest absolute Gasteiger partial charge is 0.0728 e. The SMILES string of the molecule is OCCn1cc(NC2CCCC(C3CC3)C2)cn1. The summed E-state index contributed by atoms with van der Waals surface area (Å²) in [6.45, 7) is 0.728. The highest BCUT2D eigenvalue weighted by atomic mass is 16.3. The largest absolute Gasteiger partial charge is 0.394 e. The Bertz CT molecular complexity index is 386. The van der Waals surface area contributed by atoms with Crippen LogP contribution in [0.5, 0.6) is 0 Å². The summed E-state index contributed by atoms with van der Waals surface area (Å²) in [4.78, 5) is 0. The molecule has 2 fully saturated rings. The number of hydrogen-bond donors (Lipinski definition) is 2. The Morgan fingerprint density at radius 1 is 1.28 bits per heavy atom. The molecular weight excluding hydrogens is 226 g/mol. The number of aromatic nitrogens is 2. The van der Waals surface area contributed by atoms with Gasteiger partial charge in [0.05, 0.1) is 25.0 Å². The molecule has 100 valence electrons. The summed E-state index contributed by atoms with van der Waals surface area (Å²) < 4.78 is 1.80. The van der Waals surface area contributed by atoms with Crippen LogP contribution in [-0.2, 0) is 6.54 Å². The highest BCUT2D eigenvalue weighted by molar-refractivity contribution is 5.39. The predicted molar refractivity (Wildman–Crippen MR) is 71.4 cm³/mol. The lowest BCUT2D eigenvalue weighted by Crippen LogP contribution is -2.28. The summed E-state index contributed by atoms with van der Waals surface area (Å²) in [5.74, 6) is 2.00. The van der Waals surface area contributed by atoms with E-state index in [1.54, 1.807) is 4.68 Å². The molecule has 0 bridgehead atoms. The van der Waals surface area contributed by atoms with Gasteiger partial charge < -0.3 is 10.4 Å². The van der Waals surface area contributed by atoms with Crippen molar-refractivity contribution in [1.82, 2.24) is 9.78 Å². The van der Waals surface area contributed by atoms with Crippen molar-refractivity contribution < 1.29 is 5.11 Å². The zero-order valence-corrected chi connectivity index (χ0v) is 10.9. The Hall–Kier alpha value is -1.03. The standard InChI is InChI=1S/C14H23N3O/c18-7-6-17-10-14(9-15-17)16-13-3-1-2-12(8-13)11-4-5-11/h9-13,16,18H,1-8H2. The molecule has 0 aliphatic heterocycles. The molecule has 1 aromatic heterocycles. The van der Waals surface area contributed by atoms with Crippen LogP contribution in [0, 0.1) is 11.8 Å². The van der Waals surface area contributed by atoms with Gasteiger partial charge in [0.25, 0.3) is 0 Å². The van der Waals surface area contributed by atoms with E-state index in [2.05, 4.69) is 10.4 Å². The van der Waals surface area contributed by atoms with Gasteiger partial charge in [-0.05, 0) is 37.5 Å². The van der Waals surface area contributed by atoms with Gasteiger partial charge in [0.2, 0.25) is 0 Å². The molecule has 0 spiro atoms. The van der Waals surface area contributed by atoms with Gasteiger partial charge in [0.1, 0.15) is 0 Å². The fourth-order valence-corrected chi connectivity index (χ4v) is 3.25. The fraction of sp³-hybridized carbons (Fsp3) is 0.786. The predicted octanol–water partition coefficient (Wildman–Crippen LogP) is 2.26. The van der Waals surface area contributed by atoms with Crippen LogP contribution in [0.15, 0.2) is 12.4 Å². The quantitative estimate of drug-likeness (QED) is 0.841. The highest BCUT2D eigenvalue weighted by Crippen LogP contribution is 2.44. The summed E-state index contributed by atoms with van der Waals surface area (Å²) in [7, 11) is 0. The summed E-state index contributed by atoms with van der Waals surface area (Å²) in [6, 6.07) is 0.621. The Balaban J connectivity index is 1.54. The van der Waals surface area contributed by atoms with Crippen LogP contribution in [0.3, 0.4) is 0 Å². The molecule has 3 rings (SSSR count). The first-order valence-corrected chi connectivity index (χ1v) is 7.25. The van der Waals surface area contributed by atoms with Crippen molar-refractivity contribution in [3.05, 3.63) is 12.4 Å². The Morgan fingerprint density at radius 2 is 2.17 bits per heavy atom. The van der Waals surface area contributed by atoms with Crippen molar-refractivity contribution in [2.24, 2.45) is 11.8 Å². The molecule has 1 aromatic rings. The molecule has 0 radical (unpaired) electrons. The van der Waals surface area contributed by atoms with E-state index in [1.165, 1.54) is 38.5 Å². The van der Waals surface area contributed by atoms with Gasteiger partial charge in [-0.2, -0.15) is 5.10 Å². The number of nitrogens with one attached hydrogen (secondary N) is 1. The molecule has 18 heavy (non-hydrogen) atoms. The van der Waals surface area contributed by atoms with Gasteiger partial charge in [-0.3, -0.25) is 4.68 Å². The van der Waals surface area contributed by atoms with Crippen LogP contribution in [0.25, 0.3) is 0 Å². The van der Waals surface area contributed by atoms with Crippen molar-refractivity contribution in [3.8, 4) is 0 Å². The molecule has 1 heterocycles. The molecule has 0 aromatic carbocycles. The van der Waals surface area contributed by atoms with Crippen molar-refractivity contribution in [1.29, 1.82) is 0 Å². The van der Waals surface area contributed by atoms with Crippen molar-refractivity contribution in [2.75, 3.05) is 11.9 Å². The molecule has 4 heteroatoms. The maximum Gasteiger partial charge on any atom is 0.0728 e. The van der Waals surface area contributed by atoms with Gasteiger partial charge in [0.15, 0.2) is 0 Å². The van der Waals surface area contributed by atoms with Crippen molar-refractivity contribution in [3.63, 3.8) is 0 Å². The maximum absolute atomic E-state index is 8.87. The van der Waals surface area contributed by atoms with E-state index in [4.69, 9.17) is 5.11 Å². The minimum Gasteiger partial charge on any atom is -0.394 e. The molecule has 2 aliphatic rings. The van der Waals surface area contributed by atoms with Crippen LogP contribution in [0.2, 0.25) is 0 Å². The molecule has 2 unspecified atom stereocenters. The number of rotatable bonds is 5. The van der Waals surface area contributed by atoms with E-state index in [9.17, 15) is 0 Å². The van der Waals surface area contributed by atoms with Crippen LogP contribution < -0.4 is 5.32 Å². The topological polar surface area (TPSA) is 50.1 Å². The second kappa shape index (κ2) is 5.31. The first kappa shape index (κ1) is 12.0. The zero-order valence-electron chi connectivity index (χ0n) is 10.9. The monoisotopic (exact) mass is 249 g/mol. The second-order valence-corrected chi connectivity index (χ2v) is 5.82. The number of aliphatic hydroxyl groups excluding tert-OH is 1. The Labute approximate surface area is 108 Å². The van der Waals surface area contributed by atoms with Crippen LogP contribution >= 0.6 is 0 Å². The fourth-order valence-electron chi connectivity index (χ4n) is 3.25. The summed E-state index contributed by atoms with van der Waals surface area (Å²) in [6.07, 6.45) is 12.2. The molecule has 2 N–H and O–H groups in total. The molecular formula is C14H23N3O. The highest BCUT2D eigenvalue weighted by Gasteiger charge is 2.34. The van der Waals surface area contributed by atoms with E-state index in [0.29, 0.717) is 12.6 Å². The number of aliphatic hydroxyl groups is 1. The van der Waals surface area contributed by atoms with Gasteiger partial charge in [-0.15, -0.1) is 0 Å². The minimum absolute atomic E-state index is 0.147. The number of nitrogens with zero attached hydrogens (tertiary/aromatic N) is 2. The van der Waals surface area contributed by atoms with Crippen LogP contribution in [-0.4, -0.2) is 27.5 Å². The van der Waals surface area contributed by atoms with Gasteiger partial charge in [-0.25, -0.2) is 0 Å². The van der Waals surface area contributed by atoms with E-state index < -0.39 is 0 Å². The third kappa shape index (κ3) is 2.86. The average molecular weight is 249 g/mol. The van der Waals surface area contributed by atoms with Crippen molar-refractivity contribution in [2.45, 2.75) is 51.1 Å². The minimum atomic E-state index is 0.147. The van der Waals surface area contributed by atoms with E-state index in [-0.39, 0.29) is 6.61 Å². The van der Waals surface area contributed by atoms with Crippen LogP contribution in [0.1, 0.15) is 38.5 Å². The molecule has 2 atom stereocenters. The second-order valence-electron chi connectivity index (χ2n) is 5.82. The van der Waals surface area contributed by atoms with Gasteiger partial charge >= 0.3 is 0 Å². The normalized spacial score (nSPS) is 28.3. The van der Waals surface area contributed by atoms with Gasteiger partial charge in [-0.1, -0.05) is 12.8 Å². The van der Waals surface area contributed by atoms with E-state index in [1.807, 2.05) is 12.4 Å². The van der Waals surface area contributed by atoms with E-state index in [0.717, 1.165) is 17.5 Å². The summed E-state index contributed by atoms with van der Waals surface area (Å²) in [5.41, 5.74) is 1.10.